The third-order valence-corrected chi connectivity index (χ3v) is 1.64. The van der Waals surface area contributed by atoms with Crippen LogP contribution in [0.1, 0.15) is 15.9 Å². The van der Waals surface area contributed by atoms with E-state index in [1.807, 2.05) is 0 Å². The van der Waals surface area contributed by atoms with Gasteiger partial charge in [0.25, 0.3) is 0 Å². The molecule has 0 bridgehead atoms. The average molecular weight is 212 g/mol. The first-order chi connectivity index (χ1) is 7.04. The normalized spacial score (nSPS) is 10.5. The Kier molecular flexibility index (Phi) is 3.28. The van der Waals surface area contributed by atoms with Crippen molar-refractivity contribution < 1.29 is 23.5 Å². The number of carbonyl (C=O) groups is 2. The minimum Gasteiger partial charge on any atom is -0.478 e. The van der Waals surface area contributed by atoms with Crippen LogP contribution >= 0.6 is 0 Å². The lowest BCUT2D eigenvalue weighted by atomic mass is 10.1. The van der Waals surface area contributed by atoms with Crippen LogP contribution in [-0.2, 0) is 4.79 Å². The minimum absolute atomic E-state index is 0.0398. The van der Waals surface area contributed by atoms with Gasteiger partial charge in [0.2, 0.25) is 0 Å². The largest absolute Gasteiger partial charge is 0.478 e. The van der Waals surface area contributed by atoms with Crippen molar-refractivity contribution in [1.29, 1.82) is 0 Å². The van der Waals surface area contributed by atoms with Crippen molar-refractivity contribution in [1.82, 2.24) is 0 Å². The molecule has 0 spiro atoms. The van der Waals surface area contributed by atoms with Crippen LogP contribution in [0.15, 0.2) is 18.2 Å². The van der Waals surface area contributed by atoms with Crippen molar-refractivity contribution in [3.8, 4) is 0 Å². The molecule has 0 heterocycles. The molecule has 1 aromatic rings. The second-order valence-electron chi connectivity index (χ2n) is 2.69. The molecule has 78 valence electrons. The summed E-state index contributed by atoms with van der Waals surface area (Å²) < 4.78 is 26.0. The van der Waals surface area contributed by atoms with Gasteiger partial charge in [-0.1, -0.05) is 0 Å². The number of aldehydes is 1. The van der Waals surface area contributed by atoms with Crippen LogP contribution in [0.4, 0.5) is 8.78 Å². The molecular weight excluding hydrogens is 206 g/mol. The summed E-state index contributed by atoms with van der Waals surface area (Å²) in [5, 5.41) is 8.28. The number of hydrogen-bond acceptors (Lipinski definition) is 2. The Morgan fingerprint density at radius 3 is 2.20 bits per heavy atom. The van der Waals surface area contributed by atoms with E-state index in [2.05, 4.69) is 0 Å². The SMILES string of the molecule is O=Cc1c(F)cc(/C=C/C(=O)O)cc1F. The van der Waals surface area contributed by atoms with Gasteiger partial charge < -0.3 is 5.11 Å². The smallest absolute Gasteiger partial charge is 0.328 e. The summed E-state index contributed by atoms with van der Waals surface area (Å²) in [6.07, 6.45) is 1.84. The number of aliphatic carboxylic acids is 1. The standard InChI is InChI=1S/C10H6F2O3/c11-8-3-6(1-2-10(14)15)4-9(12)7(8)5-13/h1-5H,(H,14,15)/b2-1+. The van der Waals surface area contributed by atoms with E-state index in [1.54, 1.807) is 0 Å². The number of carboxylic acid groups (broad SMARTS) is 1. The van der Waals surface area contributed by atoms with E-state index >= 15 is 0 Å². The molecule has 15 heavy (non-hydrogen) atoms. The van der Waals surface area contributed by atoms with Crippen LogP contribution in [0, 0.1) is 11.6 Å². The molecule has 0 aliphatic heterocycles. The van der Waals surface area contributed by atoms with Crippen molar-refractivity contribution >= 4 is 18.3 Å². The van der Waals surface area contributed by atoms with Crippen LogP contribution in [0.3, 0.4) is 0 Å². The maximum absolute atomic E-state index is 13.0. The molecule has 0 aliphatic carbocycles. The van der Waals surface area contributed by atoms with Gasteiger partial charge in [0.1, 0.15) is 11.6 Å². The molecule has 0 saturated heterocycles. The zero-order valence-electron chi connectivity index (χ0n) is 7.41. The number of carbonyl (C=O) groups excluding carboxylic acids is 1. The maximum Gasteiger partial charge on any atom is 0.328 e. The van der Waals surface area contributed by atoms with E-state index in [0.717, 1.165) is 24.3 Å². The van der Waals surface area contributed by atoms with Gasteiger partial charge in [-0.3, -0.25) is 4.79 Å². The van der Waals surface area contributed by atoms with Crippen molar-refractivity contribution in [3.63, 3.8) is 0 Å². The topological polar surface area (TPSA) is 54.4 Å². The first kappa shape index (κ1) is 11.0. The monoisotopic (exact) mass is 212 g/mol. The fourth-order valence-electron chi connectivity index (χ4n) is 0.980. The third-order valence-electron chi connectivity index (χ3n) is 1.64. The van der Waals surface area contributed by atoms with Crippen LogP contribution < -0.4 is 0 Å². The van der Waals surface area contributed by atoms with Gasteiger partial charge in [0, 0.05) is 6.08 Å². The lowest BCUT2D eigenvalue weighted by Gasteiger charge is -1.99. The fraction of sp³-hybridized carbons (Fsp3) is 0. The molecule has 1 rings (SSSR count). The summed E-state index contributed by atoms with van der Waals surface area (Å²) in [6.45, 7) is 0. The predicted octanol–water partition coefficient (Wildman–Crippen LogP) is 1.88. The summed E-state index contributed by atoms with van der Waals surface area (Å²) in [7, 11) is 0. The van der Waals surface area contributed by atoms with Crippen molar-refractivity contribution in [2.45, 2.75) is 0 Å². The highest BCUT2D eigenvalue weighted by Gasteiger charge is 2.08. The van der Waals surface area contributed by atoms with Crippen LogP contribution in [-0.4, -0.2) is 17.4 Å². The number of benzene rings is 1. The number of carboxylic acids is 1. The van der Waals surface area contributed by atoms with Gasteiger partial charge in [-0.2, -0.15) is 0 Å². The van der Waals surface area contributed by atoms with E-state index in [1.165, 1.54) is 0 Å². The fourth-order valence-corrected chi connectivity index (χ4v) is 0.980. The van der Waals surface area contributed by atoms with Crippen LogP contribution in [0.2, 0.25) is 0 Å². The van der Waals surface area contributed by atoms with Crippen molar-refractivity contribution in [3.05, 3.63) is 41.0 Å². The van der Waals surface area contributed by atoms with Gasteiger partial charge in [0.05, 0.1) is 5.56 Å². The molecule has 0 unspecified atom stereocenters. The molecule has 0 atom stereocenters. The summed E-state index contributed by atoms with van der Waals surface area (Å²) in [6, 6.07) is 1.76. The van der Waals surface area contributed by atoms with Gasteiger partial charge >= 0.3 is 5.97 Å². The molecule has 0 radical (unpaired) electrons. The van der Waals surface area contributed by atoms with E-state index in [-0.39, 0.29) is 11.8 Å². The Bertz CT molecular complexity index is 415. The molecule has 1 aromatic carbocycles. The Morgan fingerprint density at radius 1 is 1.27 bits per heavy atom. The highest BCUT2D eigenvalue weighted by molar-refractivity contribution is 5.85. The highest BCUT2D eigenvalue weighted by Crippen LogP contribution is 2.14. The van der Waals surface area contributed by atoms with Crippen molar-refractivity contribution in [2.24, 2.45) is 0 Å². The van der Waals surface area contributed by atoms with Crippen LogP contribution in [0.5, 0.6) is 0 Å². The molecule has 3 nitrogen and oxygen atoms in total. The number of rotatable bonds is 3. The summed E-state index contributed by atoms with van der Waals surface area (Å²) in [5.41, 5.74) is -0.625. The lowest BCUT2D eigenvalue weighted by Crippen LogP contribution is -1.95. The molecule has 0 amide bonds. The molecule has 0 aromatic heterocycles. The molecule has 5 heteroatoms. The van der Waals surface area contributed by atoms with Gasteiger partial charge in [-0.05, 0) is 23.8 Å². The van der Waals surface area contributed by atoms with E-state index in [9.17, 15) is 18.4 Å². The first-order valence-corrected chi connectivity index (χ1v) is 3.90. The lowest BCUT2D eigenvalue weighted by molar-refractivity contribution is -0.131. The maximum atomic E-state index is 13.0. The summed E-state index contributed by atoms with van der Waals surface area (Å²) >= 11 is 0. The predicted molar refractivity (Wildman–Crippen MR) is 48.4 cm³/mol. The van der Waals surface area contributed by atoms with Gasteiger partial charge in [0.15, 0.2) is 6.29 Å². The minimum atomic E-state index is -1.23. The summed E-state index contributed by atoms with van der Waals surface area (Å²) in [4.78, 5) is 20.4. The highest BCUT2D eigenvalue weighted by atomic mass is 19.1. The van der Waals surface area contributed by atoms with Crippen LogP contribution in [0.25, 0.3) is 6.08 Å². The Hall–Kier alpha value is -2.04. The molecule has 0 fully saturated rings. The Morgan fingerprint density at radius 2 is 1.80 bits per heavy atom. The van der Waals surface area contributed by atoms with E-state index in [0.29, 0.717) is 0 Å². The van der Waals surface area contributed by atoms with E-state index in [4.69, 9.17) is 5.11 Å². The zero-order valence-corrected chi connectivity index (χ0v) is 7.41. The van der Waals surface area contributed by atoms with Gasteiger partial charge in [-0.25, -0.2) is 13.6 Å². The average Bonchev–Trinajstić information content (AvgIpc) is 2.14. The summed E-state index contributed by atoms with van der Waals surface area (Å²) in [5.74, 6) is -3.26. The molecule has 0 saturated carbocycles. The molecular formula is C10H6F2O3. The first-order valence-electron chi connectivity index (χ1n) is 3.90. The Balaban J connectivity index is 3.14. The molecule has 0 aliphatic rings. The third kappa shape index (κ3) is 2.70. The number of hydrogen-bond donors (Lipinski definition) is 1. The van der Waals surface area contributed by atoms with E-state index < -0.39 is 23.2 Å². The second-order valence-corrected chi connectivity index (χ2v) is 2.69. The quantitative estimate of drug-likeness (QED) is 0.614. The van der Waals surface area contributed by atoms with Crippen molar-refractivity contribution in [2.75, 3.05) is 0 Å². The second kappa shape index (κ2) is 4.45. The zero-order chi connectivity index (χ0) is 11.4. The Labute approximate surface area is 83.6 Å². The molecule has 1 N–H and O–H groups in total. The number of halogens is 2. The van der Waals surface area contributed by atoms with Gasteiger partial charge in [-0.15, -0.1) is 0 Å².